The first-order valence-electron chi connectivity index (χ1n) is 8.18. The van der Waals surface area contributed by atoms with Gasteiger partial charge >= 0.3 is 0 Å². The molecule has 1 aromatic heterocycles. The smallest absolute Gasteiger partial charge is 0.125 e. The van der Waals surface area contributed by atoms with Crippen molar-refractivity contribution >= 4 is 5.82 Å². The Kier molecular flexibility index (Phi) is 5.84. The van der Waals surface area contributed by atoms with Crippen molar-refractivity contribution in [2.24, 2.45) is 0 Å². The second-order valence-electron chi connectivity index (χ2n) is 6.10. The third kappa shape index (κ3) is 3.95. The number of hydrogen-bond donors (Lipinski definition) is 1. The van der Waals surface area contributed by atoms with Gasteiger partial charge in [0.15, 0.2) is 0 Å². The molecule has 0 aromatic carbocycles. The van der Waals surface area contributed by atoms with E-state index in [-0.39, 0.29) is 0 Å². The average Bonchev–Trinajstić information content (AvgIpc) is 2.48. The van der Waals surface area contributed by atoms with Crippen LogP contribution in [0.1, 0.15) is 64.5 Å². The molecule has 2 rings (SSSR count). The molecule has 3 nitrogen and oxygen atoms in total. The normalized spacial score (nSPS) is 20.3. The van der Waals surface area contributed by atoms with Crippen molar-refractivity contribution in [3.8, 4) is 0 Å². The van der Waals surface area contributed by atoms with Crippen LogP contribution in [0, 0.1) is 0 Å². The van der Waals surface area contributed by atoms with E-state index in [2.05, 4.69) is 54.3 Å². The molecule has 1 atom stereocenters. The number of aromatic nitrogens is 1. The predicted molar refractivity (Wildman–Crippen MR) is 86.1 cm³/mol. The van der Waals surface area contributed by atoms with Gasteiger partial charge in [-0.1, -0.05) is 25.8 Å². The lowest BCUT2D eigenvalue weighted by atomic mass is 9.95. The van der Waals surface area contributed by atoms with E-state index in [0.717, 1.165) is 12.4 Å². The molecule has 1 fully saturated rings. The Bertz CT molecular complexity index is 386. The number of unbranched alkanes of at least 4 members (excludes halogenated alkanes) is 1. The van der Waals surface area contributed by atoms with Crippen LogP contribution < -0.4 is 5.32 Å². The van der Waals surface area contributed by atoms with Gasteiger partial charge in [-0.25, -0.2) is 4.98 Å². The third-order valence-electron chi connectivity index (χ3n) is 4.22. The molecule has 112 valence electrons. The van der Waals surface area contributed by atoms with Crippen molar-refractivity contribution < 1.29 is 0 Å². The van der Waals surface area contributed by atoms with Crippen LogP contribution in [-0.4, -0.2) is 29.0 Å². The molecule has 1 unspecified atom stereocenters. The highest BCUT2D eigenvalue weighted by atomic mass is 15.2. The molecule has 1 saturated heterocycles. The van der Waals surface area contributed by atoms with E-state index in [1.165, 1.54) is 44.2 Å². The molecule has 0 saturated carbocycles. The maximum Gasteiger partial charge on any atom is 0.125 e. The monoisotopic (exact) mass is 275 g/mol. The van der Waals surface area contributed by atoms with Crippen molar-refractivity contribution in [2.75, 3.05) is 18.4 Å². The summed E-state index contributed by atoms with van der Waals surface area (Å²) in [6, 6.07) is 5.56. The van der Waals surface area contributed by atoms with Crippen LogP contribution in [0.4, 0.5) is 5.82 Å². The fourth-order valence-corrected chi connectivity index (χ4v) is 3.03. The summed E-state index contributed by atoms with van der Waals surface area (Å²) < 4.78 is 0. The molecule has 1 aliphatic rings. The topological polar surface area (TPSA) is 28.2 Å². The van der Waals surface area contributed by atoms with Crippen LogP contribution in [0.15, 0.2) is 18.3 Å². The SMILES string of the molecule is CCCCNc1ccc(C2CCCCN2C(C)C)cn1. The summed E-state index contributed by atoms with van der Waals surface area (Å²) in [6.07, 6.45) is 8.43. The summed E-state index contributed by atoms with van der Waals surface area (Å²) >= 11 is 0. The van der Waals surface area contributed by atoms with Crippen LogP contribution in [0.2, 0.25) is 0 Å². The van der Waals surface area contributed by atoms with Gasteiger partial charge in [0.05, 0.1) is 0 Å². The van der Waals surface area contributed by atoms with E-state index in [4.69, 9.17) is 0 Å². The van der Waals surface area contributed by atoms with Crippen molar-refractivity contribution in [2.45, 2.75) is 65.0 Å². The molecule has 0 radical (unpaired) electrons. The zero-order valence-corrected chi connectivity index (χ0v) is 13.2. The van der Waals surface area contributed by atoms with Crippen molar-refractivity contribution in [1.29, 1.82) is 0 Å². The number of nitrogens with zero attached hydrogens (tertiary/aromatic N) is 2. The number of piperidine rings is 1. The van der Waals surface area contributed by atoms with E-state index in [9.17, 15) is 0 Å². The second-order valence-corrected chi connectivity index (χ2v) is 6.10. The van der Waals surface area contributed by atoms with Crippen LogP contribution in [0.3, 0.4) is 0 Å². The van der Waals surface area contributed by atoms with Gasteiger partial charge in [0, 0.05) is 24.8 Å². The van der Waals surface area contributed by atoms with Gasteiger partial charge in [0.25, 0.3) is 0 Å². The molecule has 2 heterocycles. The lowest BCUT2D eigenvalue weighted by molar-refractivity contribution is 0.112. The molecule has 1 aromatic rings. The average molecular weight is 275 g/mol. The van der Waals surface area contributed by atoms with Crippen LogP contribution in [-0.2, 0) is 0 Å². The first-order valence-corrected chi connectivity index (χ1v) is 8.18. The predicted octanol–water partition coefficient (Wildman–Crippen LogP) is 4.23. The Balaban J connectivity index is 2.00. The van der Waals surface area contributed by atoms with E-state index in [1.807, 2.05) is 0 Å². The Morgan fingerprint density at radius 2 is 2.20 bits per heavy atom. The number of anilines is 1. The quantitative estimate of drug-likeness (QED) is 0.788. The van der Waals surface area contributed by atoms with Gasteiger partial charge < -0.3 is 5.32 Å². The summed E-state index contributed by atoms with van der Waals surface area (Å²) in [7, 11) is 0. The maximum atomic E-state index is 4.58. The Morgan fingerprint density at radius 3 is 2.85 bits per heavy atom. The van der Waals surface area contributed by atoms with Gasteiger partial charge in [-0.2, -0.15) is 0 Å². The zero-order chi connectivity index (χ0) is 14.4. The highest BCUT2D eigenvalue weighted by molar-refractivity contribution is 5.36. The fraction of sp³-hybridized carbons (Fsp3) is 0.706. The minimum Gasteiger partial charge on any atom is -0.370 e. The Hall–Kier alpha value is -1.09. The van der Waals surface area contributed by atoms with Crippen molar-refractivity contribution in [3.63, 3.8) is 0 Å². The van der Waals surface area contributed by atoms with E-state index < -0.39 is 0 Å². The molecular formula is C17H29N3. The lowest BCUT2D eigenvalue weighted by Gasteiger charge is -2.38. The first kappa shape index (κ1) is 15.3. The van der Waals surface area contributed by atoms with Gasteiger partial charge in [-0.05, 0) is 51.3 Å². The van der Waals surface area contributed by atoms with E-state index >= 15 is 0 Å². The van der Waals surface area contributed by atoms with Gasteiger partial charge in [-0.15, -0.1) is 0 Å². The molecule has 1 N–H and O–H groups in total. The second kappa shape index (κ2) is 7.63. The van der Waals surface area contributed by atoms with Gasteiger partial charge in [0.1, 0.15) is 5.82 Å². The Labute approximate surface area is 123 Å². The van der Waals surface area contributed by atoms with E-state index in [0.29, 0.717) is 12.1 Å². The highest BCUT2D eigenvalue weighted by Crippen LogP contribution is 2.32. The number of likely N-dealkylation sites (tertiary alicyclic amines) is 1. The summed E-state index contributed by atoms with van der Waals surface area (Å²) in [5.41, 5.74) is 1.37. The zero-order valence-electron chi connectivity index (χ0n) is 13.2. The number of rotatable bonds is 6. The molecule has 20 heavy (non-hydrogen) atoms. The molecular weight excluding hydrogens is 246 g/mol. The molecule has 1 aliphatic heterocycles. The Morgan fingerprint density at radius 1 is 1.35 bits per heavy atom. The van der Waals surface area contributed by atoms with Gasteiger partial charge in [-0.3, -0.25) is 4.90 Å². The van der Waals surface area contributed by atoms with Crippen molar-refractivity contribution in [1.82, 2.24) is 9.88 Å². The van der Waals surface area contributed by atoms with Crippen molar-refractivity contribution in [3.05, 3.63) is 23.9 Å². The highest BCUT2D eigenvalue weighted by Gasteiger charge is 2.25. The fourth-order valence-electron chi connectivity index (χ4n) is 3.03. The third-order valence-corrected chi connectivity index (χ3v) is 4.22. The van der Waals surface area contributed by atoms with Crippen LogP contribution >= 0.6 is 0 Å². The first-order chi connectivity index (χ1) is 9.72. The van der Waals surface area contributed by atoms with Crippen LogP contribution in [0.25, 0.3) is 0 Å². The minimum atomic E-state index is 0.556. The summed E-state index contributed by atoms with van der Waals surface area (Å²) in [6.45, 7) is 9.05. The summed E-state index contributed by atoms with van der Waals surface area (Å²) in [5.74, 6) is 1.01. The summed E-state index contributed by atoms with van der Waals surface area (Å²) in [5, 5.41) is 3.38. The molecule has 0 bridgehead atoms. The minimum absolute atomic E-state index is 0.556. The van der Waals surface area contributed by atoms with Crippen LogP contribution in [0.5, 0.6) is 0 Å². The molecule has 3 heteroatoms. The number of pyridine rings is 1. The maximum absolute atomic E-state index is 4.58. The molecule has 0 spiro atoms. The molecule has 0 aliphatic carbocycles. The largest absolute Gasteiger partial charge is 0.370 e. The molecule has 0 amide bonds. The van der Waals surface area contributed by atoms with Gasteiger partial charge in [0.2, 0.25) is 0 Å². The lowest BCUT2D eigenvalue weighted by Crippen LogP contribution is -2.38. The number of nitrogens with one attached hydrogen (secondary N) is 1. The number of hydrogen-bond acceptors (Lipinski definition) is 3. The summed E-state index contributed by atoms with van der Waals surface area (Å²) in [4.78, 5) is 7.20. The van der Waals surface area contributed by atoms with E-state index in [1.54, 1.807) is 0 Å². The standard InChI is InChI=1S/C17H29N3/c1-4-5-11-18-17-10-9-15(13-19-17)16-8-6-7-12-20(16)14(2)3/h9-10,13-14,16H,4-8,11-12H2,1-3H3,(H,18,19).